The van der Waals surface area contributed by atoms with Gasteiger partial charge in [-0.3, -0.25) is 0 Å². The van der Waals surface area contributed by atoms with Crippen LogP contribution in [-0.4, -0.2) is 17.6 Å². The van der Waals surface area contributed by atoms with Gasteiger partial charge in [0.1, 0.15) is 12.5 Å². The summed E-state index contributed by atoms with van der Waals surface area (Å²) in [5.41, 5.74) is 10.8. The van der Waals surface area contributed by atoms with Crippen molar-refractivity contribution in [3.63, 3.8) is 0 Å². The highest BCUT2D eigenvalue weighted by Crippen LogP contribution is 2.36. The number of allylic oxidation sites excluding steroid dienone is 4. The van der Waals surface area contributed by atoms with E-state index < -0.39 is 6.67 Å². The Morgan fingerprint density at radius 3 is 2.62 bits per heavy atom. The molecule has 1 aliphatic carbocycles. The minimum absolute atomic E-state index is 0.0376. The van der Waals surface area contributed by atoms with E-state index in [0.717, 1.165) is 35.4 Å². The molecule has 2 unspecified atom stereocenters. The lowest BCUT2D eigenvalue weighted by atomic mass is 9.86. The van der Waals surface area contributed by atoms with E-state index >= 15 is 0 Å². The number of alkyl halides is 1. The van der Waals surface area contributed by atoms with Crippen LogP contribution in [0.5, 0.6) is 0 Å². The minimum Gasteiger partial charge on any atom is -0.403 e. The molecule has 0 radical (unpaired) electrons. The molecule has 0 aromatic heterocycles. The second-order valence-corrected chi connectivity index (χ2v) is 7.12. The standard InChI is InChI=1S/C24H31F2N3/c1-5-19-15-21(9-12-23(19)28-6-2)24(29(14-13-27)17(3)16-25)18(4)20-7-10-22(26)11-8-20/h6-8,10-15,17,21,28H,2,5,9,16,27H2,1,3-4H3/b14-13-,24-18+. The Morgan fingerprint density at radius 1 is 1.38 bits per heavy atom. The Balaban J connectivity index is 2.61. The van der Waals surface area contributed by atoms with Crippen molar-refractivity contribution in [2.24, 2.45) is 11.7 Å². The average Bonchev–Trinajstić information content (AvgIpc) is 2.74. The fourth-order valence-corrected chi connectivity index (χ4v) is 3.68. The van der Waals surface area contributed by atoms with E-state index in [9.17, 15) is 8.78 Å². The van der Waals surface area contributed by atoms with Gasteiger partial charge in [0.25, 0.3) is 0 Å². The van der Waals surface area contributed by atoms with E-state index in [4.69, 9.17) is 5.73 Å². The van der Waals surface area contributed by atoms with Gasteiger partial charge in [-0.25, -0.2) is 8.78 Å². The summed E-state index contributed by atoms with van der Waals surface area (Å²) in [6.07, 6.45) is 10.8. The number of benzene rings is 1. The second-order valence-electron chi connectivity index (χ2n) is 7.12. The molecule has 0 spiro atoms. The first-order chi connectivity index (χ1) is 14.0. The molecule has 0 heterocycles. The summed E-state index contributed by atoms with van der Waals surface area (Å²) in [4.78, 5) is 1.90. The molecule has 29 heavy (non-hydrogen) atoms. The molecule has 0 amide bonds. The van der Waals surface area contributed by atoms with Crippen molar-refractivity contribution in [1.29, 1.82) is 0 Å². The van der Waals surface area contributed by atoms with E-state index in [1.807, 2.05) is 18.7 Å². The molecule has 0 saturated heterocycles. The van der Waals surface area contributed by atoms with Crippen molar-refractivity contribution in [2.75, 3.05) is 6.67 Å². The Labute approximate surface area is 173 Å². The largest absolute Gasteiger partial charge is 0.403 e. The molecule has 0 fully saturated rings. The van der Waals surface area contributed by atoms with Crippen molar-refractivity contribution in [2.45, 2.75) is 39.7 Å². The van der Waals surface area contributed by atoms with Crippen molar-refractivity contribution >= 4 is 5.57 Å². The number of nitrogens with one attached hydrogen (secondary N) is 1. The fourth-order valence-electron chi connectivity index (χ4n) is 3.68. The highest BCUT2D eigenvalue weighted by molar-refractivity contribution is 5.68. The van der Waals surface area contributed by atoms with Crippen LogP contribution in [0.4, 0.5) is 8.78 Å². The zero-order valence-corrected chi connectivity index (χ0v) is 17.5. The van der Waals surface area contributed by atoms with Gasteiger partial charge < -0.3 is 16.0 Å². The molecule has 0 aliphatic heterocycles. The monoisotopic (exact) mass is 399 g/mol. The molecular weight excluding hydrogens is 368 g/mol. The third-order valence-electron chi connectivity index (χ3n) is 5.20. The maximum absolute atomic E-state index is 13.7. The van der Waals surface area contributed by atoms with Crippen LogP contribution >= 0.6 is 0 Å². The normalized spacial score (nSPS) is 18.6. The van der Waals surface area contributed by atoms with Crippen molar-refractivity contribution < 1.29 is 8.78 Å². The number of nitrogens with two attached hydrogens (primary N) is 1. The number of rotatable bonds is 9. The Morgan fingerprint density at radius 2 is 2.07 bits per heavy atom. The Hall–Kier alpha value is -2.82. The highest BCUT2D eigenvalue weighted by Gasteiger charge is 2.26. The summed E-state index contributed by atoms with van der Waals surface area (Å²) in [5, 5.41) is 3.19. The minimum atomic E-state index is -0.513. The topological polar surface area (TPSA) is 41.3 Å². The lowest BCUT2D eigenvalue weighted by molar-refractivity contribution is 0.272. The van der Waals surface area contributed by atoms with E-state index in [1.54, 1.807) is 24.5 Å². The van der Waals surface area contributed by atoms with Gasteiger partial charge >= 0.3 is 0 Å². The van der Waals surface area contributed by atoms with Gasteiger partial charge in [-0.1, -0.05) is 37.8 Å². The molecule has 2 atom stereocenters. The van der Waals surface area contributed by atoms with E-state index in [2.05, 4.69) is 31.0 Å². The SMILES string of the molecule is C=CNC1=CCC(/C(=C(/C)c2ccc(F)cc2)N(/C=C\N)C(C)CF)C=C1CC. The zero-order valence-electron chi connectivity index (χ0n) is 17.5. The molecule has 2 rings (SSSR count). The van der Waals surface area contributed by atoms with Gasteiger partial charge in [0, 0.05) is 29.7 Å². The molecule has 3 N–H and O–H groups in total. The molecule has 1 aliphatic rings. The third kappa shape index (κ3) is 5.37. The zero-order chi connectivity index (χ0) is 21.4. The maximum atomic E-state index is 13.7. The molecule has 156 valence electrons. The quantitative estimate of drug-likeness (QED) is 0.566. The van der Waals surface area contributed by atoms with E-state index in [1.165, 1.54) is 23.9 Å². The van der Waals surface area contributed by atoms with Crippen molar-refractivity contribution in [3.05, 3.63) is 89.9 Å². The smallest absolute Gasteiger partial charge is 0.123 e. The highest BCUT2D eigenvalue weighted by atomic mass is 19.1. The maximum Gasteiger partial charge on any atom is 0.123 e. The van der Waals surface area contributed by atoms with Crippen LogP contribution in [0.25, 0.3) is 5.57 Å². The number of hydrogen-bond donors (Lipinski definition) is 2. The molecule has 0 saturated carbocycles. The summed E-state index contributed by atoms with van der Waals surface area (Å²) >= 11 is 0. The molecule has 1 aromatic carbocycles. The summed E-state index contributed by atoms with van der Waals surface area (Å²) < 4.78 is 27.1. The molecular formula is C24H31F2N3. The van der Waals surface area contributed by atoms with E-state index in [-0.39, 0.29) is 17.8 Å². The van der Waals surface area contributed by atoms with Gasteiger partial charge in [-0.15, -0.1) is 0 Å². The first kappa shape index (κ1) is 22.5. The van der Waals surface area contributed by atoms with Crippen LogP contribution in [0.1, 0.15) is 39.2 Å². The molecule has 3 nitrogen and oxygen atoms in total. The van der Waals surface area contributed by atoms with Gasteiger partial charge in [0.15, 0.2) is 0 Å². The van der Waals surface area contributed by atoms with E-state index in [0.29, 0.717) is 0 Å². The first-order valence-corrected chi connectivity index (χ1v) is 9.94. The van der Waals surface area contributed by atoms with Gasteiger partial charge in [0.2, 0.25) is 0 Å². The lowest BCUT2D eigenvalue weighted by Gasteiger charge is -2.35. The average molecular weight is 400 g/mol. The molecule has 0 bridgehead atoms. The predicted octanol–water partition coefficient (Wildman–Crippen LogP) is 5.62. The Kier molecular flexibility index (Phi) is 8.25. The van der Waals surface area contributed by atoms with Crippen LogP contribution in [0, 0.1) is 11.7 Å². The van der Waals surface area contributed by atoms with Crippen molar-refractivity contribution in [3.8, 4) is 0 Å². The van der Waals surface area contributed by atoms with Crippen LogP contribution in [-0.2, 0) is 0 Å². The lowest BCUT2D eigenvalue weighted by Crippen LogP contribution is -2.33. The fraction of sp³-hybridized carbons (Fsp3) is 0.333. The number of nitrogens with zero attached hydrogens (tertiary/aromatic N) is 1. The first-order valence-electron chi connectivity index (χ1n) is 9.94. The molecule has 1 aromatic rings. The predicted molar refractivity (Wildman–Crippen MR) is 117 cm³/mol. The van der Waals surface area contributed by atoms with Crippen LogP contribution in [0.3, 0.4) is 0 Å². The summed E-state index contributed by atoms with van der Waals surface area (Å²) in [5.74, 6) is -0.247. The second kappa shape index (κ2) is 10.6. The molecule has 5 heteroatoms. The summed E-state index contributed by atoms with van der Waals surface area (Å²) in [6, 6.07) is 6.01. The summed E-state index contributed by atoms with van der Waals surface area (Å²) in [7, 11) is 0. The third-order valence-corrected chi connectivity index (χ3v) is 5.20. The van der Waals surface area contributed by atoms with Gasteiger partial charge in [-0.2, -0.15) is 0 Å². The summed E-state index contributed by atoms with van der Waals surface area (Å²) in [6.45, 7) is 9.15. The van der Waals surface area contributed by atoms with Crippen LogP contribution in [0.2, 0.25) is 0 Å². The van der Waals surface area contributed by atoms with Gasteiger partial charge in [0.05, 0.1) is 6.04 Å². The van der Waals surface area contributed by atoms with Crippen LogP contribution in [0.15, 0.2) is 78.6 Å². The van der Waals surface area contributed by atoms with Crippen molar-refractivity contribution in [1.82, 2.24) is 10.2 Å². The Bertz CT molecular complexity index is 819. The number of halogens is 2. The van der Waals surface area contributed by atoms with Crippen LogP contribution < -0.4 is 11.1 Å². The van der Waals surface area contributed by atoms with Gasteiger partial charge in [-0.05, 0) is 61.7 Å². The number of hydrogen-bond acceptors (Lipinski definition) is 3.